The summed E-state index contributed by atoms with van der Waals surface area (Å²) in [7, 11) is 0. The molecule has 0 heterocycles. The molecule has 0 amide bonds. The zero-order valence-corrected chi connectivity index (χ0v) is 41.0. The number of carbonyl (C=O) groups is 3. The molecule has 0 aromatic heterocycles. The monoisotopic (exact) mass is 885 g/mol. The Morgan fingerprint density at radius 1 is 0.328 bits per heavy atom. The number of allylic oxidation sites excluding steroid dienone is 20. The minimum absolute atomic E-state index is 0.120. The SMILES string of the molecule is CC/C=C/C=C/C=C/C=C/C=C/CCCC(=O)OCC(COC(=O)CCCCCCC/C=C/C=C/C=C/CCCCCCC)OC(=O)CCCCCCCC/C=C/C=C/CCCCC. The van der Waals surface area contributed by atoms with E-state index in [1.165, 1.54) is 64.2 Å². The topological polar surface area (TPSA) is 78.9 Å². The Labute approximate surface area is 392 Å². The Hall–Kier alpha value is -4.19. The summed E-state index contributed by atoms with van der Waals surface area (Å²) >= 11 is 0. The quantitative estimate of drug-likeness (QED) is 0.0262. The van der Waals surface area contributed by atoms with Gasteiger partial charge < -0.3 is 14.2 Å². The highest BCUT2D eigenvalue weighted by atomic mass is 16.6. The van der Waals surface area contributed by atoms with Gasteiger partial charge in [0.2, 0.25) is 0 Å². The van der Waals surface area contributed by atoms with Crippen LogP contribution in [0.1, 0.15) is 207 Å². The molecule has 0 N–H and O–H groups in total. The molecule has 0 bridgehead atoms. The predicted molar refractivity (Wildman–Crippen MR) is 274 cm³/mol. The highest BCUT2D eigenvalue weighted by Gasteiger charge is 2.19. The van der Waals surface area contributed by atoms with Gasteiger partial charge >= 0.3 is 17.9 Å². The van der Waals surface area contributed by atoms with E-state index in [4.69, 9.17) is 14.2 Å². The van der Waals surface area contributed by atoms with E-state index in [9.17, 15) is 14.4 Å². The van der Waals surface area contributed by atoms with E-state index in [-0.39, 0.29) is 37.5 Å². The number of hydrogen-bond donors (Lipinski definition) is 0. The molecule has 0 aliphatic carbocycles. The predicted octanol–water partition coefficient (Wildman–Crippen LogP) is 16.9. The Morgan fingerprint density at radius 2 is 0.625 bits per heavy atom. The van der Waals surface area contributed by atoms with Gasteiger partial charge in [-0.3, -0.25) is 14.4 Å². The molecule has 0 spiro atoms. The minimum Gasteiger partial charge on any atom is -0.462 e. The molecular weight excluding hydrogens is 793 g/mol. The minimum atomic E-state index is -0.825. The highest BCUT2D eigenvalue weighted by molar-refractivity contribution is 5.71. The van der Waals surface area contributed by atoms with Crippen LogP contribution in [0.15, 0.2) is 122 Å². The summed E-state index contributed by atoms with van der Waals surface area (Å²) in [6.45, 7) is 6.34. The summed E-state index contributed by atoms with van der Waals surface area (Å²) < 4.78 is 16.7. The number of carbonyl (C=O) groups excluding carboxylic acids is 3. The van der Waals surface area contributed by atoms with E-state index < -0.39 is 6.10 Å². The fraction of sp³-hybridized carbons (Fsp3) is 0.603. The van der Waals surface area contributed by atoms with E-state index in [2.05, 4.69) is 87.6 Å². The van der Waals surface area contributed by atoms with Crippen LogP contribution in [0.25, 0.3) is 0 Å². The van der Waals surface area contributed by atoms with Gasteiger partial charge in [-0.2, -0.15) is 0 Å². The zero-order valence-electron chi connectivity index (χ0n) is 41.0. The summed E-state index contributed by atoms with van der Waals surface area (Å²) in [5.41, 5.74) is 0. The van der Waals surface area contributed by atoms with Crippen LogP contribution in [0.2, 0.25) is 0 Å². The van der Waals surface area contributed by atoms with Crippen LogP contribution in [0.4, 0.5) is 0 Å². The first-order valence-electron chi connectivity index (χ1n) is 25.7. The molecule has 0 saturated carbocycles. The molecule has 0 aromatic rings. The van der Waals surface area contributed by atoms with Gasteiger partial charge in [-0.05, 0) is 83.5 Å². The molecule has 0 rings (SSSR count). The van der Waals surface area contributed by atoms with Crippen LogP contribution in [-0.4, -0.2) is 37.2 Å². The third kappa shape index (κ3) is 48.8. The number of rotatable bonds is 44. The maximum Gasteiger partial charge on any atom is 0.306 e. The van der Waals surface area contributed by atoms with Crippen LogP contribution in [0.5, 0.6) is 0 Å². The molecule has 0 aliphatic heterocycles. The van der Waals surface area contributed by atoms with E-state index in [1.807, 2.05) is 54.7 Å². The normalized spacial score (nSPS) is 13.1. The molecule has 0 fully saturated rings. The standard InChI is InChI=1S/C58H92O6/c1-4-7-10-13-16-19-22-25-27-28-29-31-33-36-39-42-45-48-51-57(60)63-54-55(53-62-56(59)50-47-44-41-38-35-32-24-21-18-15-12-9-6-3)64-58(61)52-49-46-43-40-37-34-30-26-23-20-17-14-11-8-5-2/h9,12,15,17-18,20-29,31-32,35,38,41,55H,4-8,10-11,13-14,16,19,30,33-34,36-37,39-40,42-54H2,1-3H3/b12-9+,18-15+,20-17+,24-21+,25-22+,26-23+,28-27+,31-29+,35-32+,41-38+. The van der Waals surface area contributed by atoms with Crippen LogP contribution in [-0.2, 0) is 28.6 Å². The van der Waals surface area contributed by atoms with Crippen molar-refractivity contribution in [3.05, 3.63) is 122 Å². The fourth-order valence-corrected chi connectivity index (χ4v) is 6.52. The van der Waals surface area contributed by atoms with E-state index in [1.54, 1.807) is 0 Å². The second-order valence-corrected chi connectivity index (χ2v) is 16.6. The van der Waals surface area contributed by atoms with Crippen molar-refractivity contribution in [2.24, 2.45) is 0 Å². The summed E-state index contributed by atoms with van der Waals surface area (Å²) in [4.78, 5) is 37.9. The van der Waals surface area contributed by atoms with Crippen LogP contribution < -0.4 is 0 Å². The maximum atomic E-state index is 12.8. The van der Waals surface area contributed by atoms with Crippen molar-refractivity contribution in [1.29, 1.82) is 0 Å². The van der Waals surface area contributed by atoms with Gasteiger partial charge in [0.1, 0.15) is 13.2 Å². The Balaban J connectivity index is 4.55. The third-order valence-electron chi connectivity index (χ3n) is 10.4. The van der Waals surface area contributed by atoms with Gasteiger partial charge in [0.05, 0.1) is 0 Å². The van der Waals surface area contributed by atoms with E-state index >= 15 is 0 Å². The maximum absolute atomic E-state index is 12.8. The molecule has 0 aromatic carbocycles. The molecule has 64 heavy (non-hydrogen) atoms. The van der Waals surface area contributed by atoms with Crippen LogP contribution in [0, 0.1) is 0 Å². The van der Waals surface area contributed by atoms with Crippen LogP contribution >= 0.6 is 0 Å². The van der Waals surface area contributed by atoms with Crippen molar-refractivity contribution in [2.75, 3.05) is 13.2 Å². The first kappa shape index (κ1) is 59.8. The molecule has 360 valence electrons. The van der Waals surface area contributed by atoms with Gasteiger partial charge in [-0.15, -0.1) is 0 Å². The van der Waals surface area contributed by atoms with Gasteiger partial charge in [-0.25, -0.2) is 0 Å². The Bertz CT molecular complexity index is 1390. The smallest absolute Gasteiger partial charge is 0.306 e. The highest BCUT2D eigenvalue weighted by Crippen LogP contribution is 2.13. The lowest BCUT2D eigenvalue weighted by molar-refractivity contribution is -0.167. The van der Waals surface area contributed by atoms with Gasteiger partial charge in [0.25, 0.3) is 0 Å². The lowest BCUT2D eigenvalue weighted by Gasteiger charge is -2.18. The van der Waals surface area contributed by atoms with Crippen molar-refractivity contribution >= 4 is 17.9 Å². The molecule has 6 heteroatoms. The zero-order chi connectivity index (χ0) is 46.5. The summed E-state index contributed by atoms with van der Waals surface area (Å²) in [6.07, 6.45) is 70.4. The van der Waals surface area contributed by atoms with Crippen LogP contribution in [0.3, 0.4) is 0 Å². The second-order valence-electron chi connectivity index (χ2n) is 16.6. The van der Waals surface area contributed by atoms with Gasteiger partial charge in [0.15, 0.2) is 6.10 Å². The molecule has 0 radical (unpaired) electrons. The Kier molecular flexibility index (Phi) is 48.1. The largest absolute Gasteiger partial charge is 0.462 e. The molecule has 0 saturated heterocycles. The van der Waals surface area contributed by atoms with Crippen molar-refractivity contribution in [1.82, 2.24) is 0 Å². The fourth-order valence-electron chi connectivity index (χ4n) is 6.52. The third-order valence-corrected chi connectivity index (χ3v) is 10.4. The second kappa shape index (κ2) is 51.4. The number of esters is 3. The summed E-state index contributed by atoms with van der Waals surface area (Å²) in [5.74, 6) is -1.03. The molecule has 1 atom stereocenters. The lowest BCUT2D eigenvalue weighted by Crippen LogP contribution is -2.30. The van der Waals surface area contributed by atoms with Crippen molar-refractivity contribution in [2.45, 2.75) is 213 Å². The Morgan fingerprint density at radius 3 is 1.06 bits per heavy atom. The number of ether oxygens (including phenoxy) is 3. The van der Waals surface area contributed by atoms with Gasteiger partial charge in [-0.1, -0.05) is 226 Å². The molecule has 0 aliphatic rings. The van der Waals surface area contributed by atoms with Crippen molar-refractivity contribution < 1.29 is 28.6 Å². The number of unbranched alkanes of at least 4 members (excludes halogenated alkanes) is 20. The van der Waals surface area contributed by atoms with Crippen molar-refractivity contribution in [3.63, 3.8) is 0 Å². The van der Waals surface area contributed by atoms with Crippen molar-refractivity contribution in [3.8, 4) is 0 Å². The van der Waals surface area contributed by atoms with Gasteiger partial charge in [0, 0.05) is 19.3 Å². The first-order chi connectivity index (χ1) is 31.5. The summed E-state index contributed by atoms with van der Waals surface area (Å²) in [6, 6.07) is 0. The average Bonchev–Trinajstić information content (AvgIpc) is 3.29. The lowest BCUT2D eigenvalue weighted by atomic mass is 10.1. The molecule has 6 nitrogen and oxygen atoms in total. The van der Waals surface area contributed by atoms with E-state index in [0.29, 0.717) is 19.3 Å². The molecular formula is C58H92O6. The number of hydrogen-bond acceptors (Lipinski definition) is 6. The molecule has 1 unspecified atom stereocenters. The summed E-state index contributed by atoms with van der Waals surface area (Å²) in [5, 5.41) is 0. The van der Waals surface area contributed by atoms with E-state index in [0.717, 1.165) is 96.3 Å². The average molecular weight is 885 g/mol. The first-order valence-corrected chi connectivity index (χ1v) is 25.7.